The van der Waals surface area contributed by atoms with Crippen LogP contribution in [0.1, 0.15) is 0 Å². The Balaban J connectivity index is 2.89. The van der Waals surface area contributed by atoms with Crippen molar-refractivity contribution in [3.05, 3.63) is 26.8 Å². The molecule has 0 spiro atoms. The van der Waals surface area contributed by atoms with Gasteiger partial charge < -0.3 is 0 Å². The van der Waals surface area contributed by atoms with Gasteiger partial charge in [-0.15, -0.1) is 0 Å². The summed E-state index contributed by atoms with van der Waals surface area (Å²) in [6.07, 6.45) is 0. The molecule has 1 aromatic carbocycles. The lowest BCUT2D eigenvalue weighted by atomic mass is 10.3. The Morgan fingerprint density at radius 1 is 1.40 bits per heavy atom. The summed E-state index contributed by atoms with van der Waals surface area (Å²) >= 11 is 7.84. The second-order valence-corrected chi connectivity index (χ2v) is 4.02. The van der Waals surface area contributed by atoms with Gasteiger partial charge in [0.15, 0.2) is 0 Å². The average Bonchev–Trinajstić information content (AvgIpc) is 2.22. The molecule has 0 aliphatic rings. The van der Waals surface area contributed by atoms with Gasteiger partial charge in [0.1, 0.15) is 12.1 Å². The number of hydrogen-bond acceptors (Lipinski definition) is 4. The summed E-state index contributed by atoms with van der Waals surface area (Å²) in [6.45, 7) is 0. The Hall–Kier alpha value is -1.31. The molecule has 0 amide bonds. The van der Waals surface area contributed by atoms with Crippen molar-refractivity contribution in [1.82, 2.24) is 0 Å². The van der Waals surface area contributed by atoms with Crippen LogP contribution in [0.25, 0.3) is 0 Å². The van der Waals surface area contributed by atoms with Crippen molar-refractivity contribution in [2.45, 2.75) is 0 Å². The molecule has 1 rings (SSSR count). The predicted octanol–water partition coefficient (Wildman–Crippen LogP) is 2.76. The zero-order valence-corrected chi connectivity index (χ0v) is 10.2. The van der Waals surface area contributed by atoms with Crippen molar-refractivity contribution >= 4 is 45.6 Å². The van der Waals surface area contributed by atoms with Gasteiger partial charge in [-0.05, 0) is 40.8 Å². The van der Waals surface area contributed by atoms with Crippen LogP contribution in [-0.4, -0.2) is 5.71 Å². The highest BCUT2D eigenvalue weighted by Gasteiger charge is 2.00. The molecule has 6 heteroatoms. The van der Waals surface area contributed by atoms with Gasteiger partial charge in [-0.25, -0.2) is 0 Å². The SMILES string of the molecule is N#CC(C#N)=NNc1ccc(Cl)cc1I. The lowest BCUT2D eigenvalue weighted by Gasteiger charge is -2.02. The number of hydrogen-bond donors (Lipinski definition) is 1. The van der Waals surface area contributed by atoms with Crippen LogP contribution in [0.4, 0.5) is 5.69 Å². The molecule has 74 valence electrons. The molecule has 1 N–H and O–H groups in total. The van der Waals surface area contributed by atoms with Crippen LogP contribution in [-0.2, 0) is 0 Å². The van der Waals surface area contributed by atoms with Crippen LogP contribution in [0.2, 0.25) is 5.02 Å². The first-order valence-corrected chi connectivity index (χ1v) is 5.22. The third-order valence-electron chi connectivity index (χ3n) is 1.43. The largest absolute Gasteiger partial charge is 0.275 e. The molecule has 0 bridgehead atoms. The van der Waals surface area contributed by atoms with E-state index in [4.69, 9.17) is 22.1 Å². The summed E-state index contributed by atoms with van der Waals surface area (Å²) < 4.78 is 0.860. The first-order chi connectivity index (χ1) is 7.17. The smallest absolute Gasteiger partial charge is 0.237 e. The fraction of sp³-hybridized carbons (Fsp3) is 0. The number of rotatable bonds is 2. The molecule has 0 radical (unpaired) electrons. The minimum absolute atomic E-state index is 0.222. The fourth-order valence-corrected chi connectivity index (χ4v) is 1.76. The Morgan fingerprint density at radius 2 is 2.07 bits per heavy atom. The highest BCUT2D eigenvalue weighted by molar-refractivity contribution is 14.1. The lowest BCUT2D eigenvalue weighted by molar-refractivity contribution is 1.33. The van der Waals surface area contributed by atoms with E-state index in [0.717, 1.165) is 3.57 Å². The second-order valence-electron chi connectivity index (χ2n) is 2.42. The second kappa shape index (κ2) is 5.54. The van der Waals surface area contributed by atoms with Crippen LogP contribution in [0.3, 0.4) is 0 Å². The zero-order valence-electron chi connectivity index (χ0n) is 7.33. The summed E-state index contributed by atoms with van der Waals surface area (Å²) in [5, 5.41) is 21.1. The average molecular weight is 331 g/mol. The quantitative estimate of drug-likeness (QED) is 0.515. The van der Waals surface area contributed by atoms with E-state index in [0.29, 0.717) is 10.7 Å². The van der Waals surface area contributed by atoms with Crippen LogP contribution < -0.4 is 5.43 Å². The molecule has 1 aromatic rings. The molecule has 4 nitrogen and oxygen atoms in total. The maximum Gasteiger partial charge on any atom is 0.237 e. The van der Waals surface area contributed by atoms with Crippen molar-refractivity contribution < 1.29 is 0 Å². The van der Waals surface area contributed by atoms with Crippen molar-refractivity contribution in [2.75, 3.05) is 5.43 Å². The Kier molecular flexibility index (Phi) is 4.35. The molecule has 0 aliphatic heterocycles. The van der Waals surface area contributed by atoms with Gasteiger partial charge in [-0.2, -0.15) is 15.6 Å². The third kappa shape index (κ3) is 3.39. The molecule has 15 heavy (non-hydrogen) atoms. The maximum atomic E-state index is 8.45. The van der Waals surface area contributed by atoms with Gasteiger partial charge in [-0.3, -0.25) is 5.43 Å². The molecule has 0 saturated heterocycles. The minimum atomic E-state index is -0.222. The number of anilines is 1. The molecular weight excluding hydrogens is 326 g/mol. The minimum Gasteiger partial charge on any atom is -0.275 e. The van der Waals surface area contributed by atoms with E-state index in [9.17, 15) is 0 Å². The van der Waals surface area contributed by atoms with Gasteiger partial charge >= 0.3 is 0 Å². The summed E-state index contributed by atoms with van der Waals surface area (Å²) in [7, 11) is 0. The predicted molar refractivity (Wildman–Crippen MR) is 66.5 cm³/mol. The third-order valence-corrected chi connectivity index (χ3v) is 2.56. The maximum absolute atomic E-state index is 8.45. The summed E-state index contributed by atoms with van der Waals surface area (Å²) in [4.78, 5) is 0. The van der Waals surface area contributed by atoms with E-state index in [1.165, 1.54) is 0 Å². The van der Waals surface area contributed by atoms with Gasteiger partial charge in [0, 0.05) is 8.59 Å². The molecule has 0 fully saturated rings. The van der Waals surface area contributed by atoms with Gasteiger partial charge in [0.05, 0.1) is 5.69 Å². The highest BCUT2D eigenvalue weighted by Crippen LogP contribution is 2.22. The molecule has 0 heterocycles. The number of hydrazone groups is 1. The number of halogens is 2. The number of benzene rings is 1. The standard InChI is InChI=1S/C9H4ClIN4/c10-6-1-2-9(8(11)3-6)15-14-7(4-12)5-13/h1-3,15H. The van der Waals surface area contributed by atoms with Crippen LogP contribution in [0.15, 0.2) is 23.3 Å². The molecule has 0 atom stereocenters. The van der Waals surface area contributed by atoms with Crippen molar-refractivity contribution in [1.29, 1.82) is 10.5 Å². The van der Waals surface area contributed by atoms with E-state index < -0.39 is 0 Å². The van der Waals surface area contributed by atoms with Gasteiger partial charge in [0.2, 0.25) is 5.71 Å². The summed E-state index contributed by atoms with van der Waals surface area (Å²) in [6, 6.07) is 8.47. The van der Waals surface area contributed by atoms with Crippen molar-refractivity contribution in [3.8, 4) is 12.1 Å². The Morgan fingerprint density at radius 3 is 2.60 bits per heavy atom. The van der Waals surface area contributed by atoms with E-state index in [1.807, 2.05) is 0 Å². The van der Waals surface area contributed by atoms with E-state index in [2.05, 4.69) is 33.1 Å². The van der Waals surface area contributed by atoms with E-state index in [-0.39, 0.29) is 5.71 Å². The van der Waals surface area contributed by atoms with Crippen LogP contribution >= 0.6 is 34.2 Å². The van der Waals surface area contributed by atoms with Crippen molar-refractivity contribution in [2.24, 2.45) is 5.10 Å². The van der Waals surface area contributed by atoms with Gasteiger partial charge in [-0.1, -0.05) is 11.6 Å². The number of nitrogens with zero attached hydrogens (tertiary/aromatic N) is 3. The topological polar surface area (TPSA) is 72.0 Å². The molecule has 0 unspecified atom stereocenters. The normalized spacial score (nSPS) is 8.53. The number of nitrogens with one attached hydrogen (secondary N) is 1. The zero-order chi connectivity index (χ0) is 11.3. The Labute approximate surface area is 105 Å². The molecule has 0 aliphatic carbocycles. The fourth-order valence-electron chi connectivity index (χ4n) is 0.771. The van der Waals surface area contributed by atoms with E-state index >= 15 is 0 Å². The van der Waals surface area contributed by atoms with Crippen LogP contribution in [0, 0.1) is 26.2 Å². The number of nitriles is 2. The summed E-state index contributed by atoms with van der Waals surface area (Å²) in [5.41, 5.74) is 3.09. The van der Waals surface area contributed by atoms with Crippen LogP contribution in [0.5, 0.6) is 0 Å². The first kappa shape index (κ1) is 11.8. The monoisotopic (exact) mass is 330 g/mol. The Bertz CT molecular complexity index is 468. The summed E-state index contributed by atoms with van der Waals surface area (Å²) in [5.74, 6) is 0. The highest BCUT2D eigenvalue weighted by atomic mass is 127. The molecule has 0 aromatic heterocycles. The van der Waals surface area contributed by atoms with Gasteiger partial charge in [0.25, 0.3) is 0 Å². The first-order valence-electron chi connectivity index (χ1n) is 3.76. The molecule has 0 saturated carbocycles. The lowest BCUT2D eigenvalue weighted by Crippen LogP contribution is -1.97. The molecular formula is C9H4ClIN4. The van der Waals surface area contributed by atoms with Crippen molar-refractivity contribution in [3.63, 3.8) is 0 Å². The van der Waals surface area contributed by atoms with E-state index in [1.54, 1.807) is 30.3 Å².